The van der Waals surface area contributed by atoms with Crippen molar-refractivity contribution in [3.63, 3.8) is 0 Å². The Morgan fingerprint density at radius 2 is 1.74 bits per heavy atom. The largest absolute Gasteiger partial charge is 0.368 e. The van der Waals surface area contributed by atoms with E-state index in [0.717, 1.165) is 56.7 Å². The number of rotatable bonds is 5. The molecule has 1 aromatic rings. The van der Waals surface area contributed by atoms with Gasteiger partial charge in [-0.2, -0.15) is 15.0 Å². The third-order valence-electron chi connectivity index (χ3n) is 5.21. The maximum Gasteiger partial charge on any atom is 0.230 e. The van der Waals surface area contributed by atoms with Gasteiger partial charge in [0.15, 0.2) is 0 Å². The van der Waals surface area contributed by atoms with Gasteiger partial charge in [0.05, 0.1) is 0 Å². The predicted octanol–water partition coefficient (Wildman–Crippen LogP) is 2.11. The summed E-state index contributed by atoms with van der Waals surface area (Å²) in [5.74, 6) is 2.90. The average molecular weight is 318 g/mol. The number of aromatic nitrogens is 3. The lowest BCUT2D eigenvalue weighted by molar-refractivity contribution is 0.311. The van der Waals surface area contributed by atoms with Crippen LogP contribution < -0.4 is 10.6 Å². The van der Waals surface area contributed by atoms with Crippen LogP contribution in [-0.4, -0.2) is 53.1 Å². The predicted molar refractivity (Wildman–Crippen MR) is 93.5 cm³/mol. The van der Waals surface area contributed by atoms with Gasteiger partial charge in [0.25, 0.3) is 0 Å². The van der Waals surface area contributed by atoms with E-state index in [1.807, 2.05) is 0 Å². The second-order valence-corrected chi connectivity index (χ2v) is 7.10. The minimum absolute atomic E-state index is 0.363. The zero-order valence-electron chi connectivity index (χ0n) is 14.4. The molecule has 23 heavy (non-hydrogen) atoms. The van der Waals surface area contributed by atoms with Crippen molar-refractivity contribution >= 4 is 11.9 Å². The van der Waals surface area contributed by atoms with Crippen LogP contribution in [0.25, 0.3) is 0 Å². The monoisotopic (exact) mass is 318 g/mol. The molecule has 0 radical (unpaired) electrons. The maximum atomic E-state index is 5.91. The number of nitrogens with two attached hydrogens (primary N) is 1. The van der Waals surface area contributed by atoms with Gasteiger partial charge in [-0.3, -0.25) is 0 Å². The molecule has 2 heterocycles. The average Bonchev–Trinajstić information content (AvgIpc) is 2.56. The van der Waals surface area contributed by atoms with Crippen molar-refractivity contribution < 1.29 is 0 Å². The molecule has 2 aliphatic rings. The first-order valence-corrected chi connectivity index (χ1v) is 9.14. The van der Waals surface area contributed by atoms with E-state index < -0.39 is 0 Å². The summed E-state index contributed by atoms with van der Waals surface area (Å²) in [5.41, 5.74) is 5.91. The zero-order chi connectivity index (χ0) is 16.1. The van der Waals surface area contributed by atoms with E-state index in [1.54, 1.807) is 0 Å². The lowest BCUT2D eigenvalue weighted by Gasteiger charge is -2.32. The molecule has 128 valence electrons. The van der Waals surface area contributed by atoms with Gasteiger partial charge in [0, 0.05) is 32.6 Å². The van der Waals surface area contributed by atoms with Crippen LogP contribution in [0.2, 0.25) is 0 Å². The van der Waals surface area contributed by atoms with Crippen molar-refractivity contribution in [3.8, 4) is 0 Å². The van der Waals surface area contributed by atoms with Crippen LogP contribution in [0.1, 0.15) is 50.8 Å². The number of hydrogen-bond donors (Lipinski definition) is 1. The van der Waals surface area contributed by atoms with Crippen molar-refractivity contribution in [2.75, 3.05) is 43.9 Å². The lowest BCUT2D eigenvalue weighted by Crippen LogP contribution is -2.45. The summed E-state index contributed by atoms with van der Waals surface area (Å²) in [5, 5.41) is 0. The van der Waals surface area contributed by atoms with Crippen LogP contribution in [0.5, 0.6) is 0 Å². The summed E-state index contributed by atoms with van der Waals surface area (Å²) in [6.07, 6.45) is 10.5. The highest BCUT2D eigenvalue weighted by atomic mass is 15.3. The van der Waals surface area contributed by atoms with Gasteiger partial charge in [-0.05, 0) is 19.4 Å². The molecular formula is C17H30N6. The smallest absolute Gasteiger partial charge is 0.230 e. The van der Waals surface area contributed by atoms with E-state index in [1.165, 1.54) is 38.5 Å². The number of nitrogens with zero attached hydrogens (tertiary/aromatic N) is 5. The molecule has 1 saturated carbocycles. The second-order valence-electron chi connectivity index (χ2n) is 7.10. The van der Waals surface area contributed by atoms with Gasteiger partial charge in [0.2, 0.25) is 11.9 Å². The molecule has 0 spiro atoms. The minimum atomic E-state index is 0.363. The third-order valence-corrected chi connectivity index (χ3v) is 5.21. The minimum Gasteiger partial charge on any atom is -0.368 e. The van der Waals surface area contributed by atoms with E-state index in [9.17, 15) is 0 Å². The van der Waals surface area contributed by atoms with Crippen LogP contribution >= 0.6 is 0 Å². The Labute approximate surface area is 139 Å². The zero-order valence-corrected chi connectivity index (χ0v) is 14.4. The van der Waals surface area contributed by atoms with Gasteiger partial charge >= 0.3 is 0 Å². The van der Waals surface area contributed by atoms with Crippen LogP contribution in [-0.2, 0) is 6.42 Å². The topological polar surface area (TPSA) is 71.2 Å². The summed E-state index contributed by atoms with van der Waals surface area (Å²) in [6.45, 7) is 4.01. The molecule has 0 bridgehead atoms. The number of anilines is 2. The summed E-state index contributed by atoms with van der Waals surface area (Å²) in [7, 11) is 2.15. The first kappa shape index (κ1) is 16.4. The van der Waals surface area contributed by atoms with Gasteiger partial charge < -0.3 is 15.5 Å². The summed E-state index contributed by atoms with van der Waals surface area (Å²) in [6, 6.07) is 0. The molecule has 0 amide bonds. The molecule has 0 atom stereocenters. The molecule has 1 aliphatic carbocycles. The summed E-state index contributed by atoms with van der Waals surface area (Å²) < 4.78 is 0. The Morgan fingerprint density at radius 3 is 2.48 bits per heavy atom. The number of aryl methyl sites for hydroxylation is 1. The van der Waals surface area contributed by atoms with Crippen molar-refractivity contribution in [3.05, 3.63) is 5.82 Å². The number of nitrogen functional groups attached to an aromatic ring is 1. The normalized spacial score (nSPS) is 20.8. The van der Waals surface area contributed by atoms with Crippen LogP contribution in [0.15, 0.2) is 0 Å². The van der Waals surface area contributed by atoms with Gasteiger partial charge in [-0.15, -0.1) is 0 Å². The number of piperazine rings is 1. The molecule has 1 saturated heterocycles. The fourth-order valence-corrected chi connectivity index (χ4v) is 3.71. The summed E-state index contributed by atoms with van der Waals surface area (Å²) in [4.78, 5) is 17.9. The van der Waals surface area contributed by atoms with E-state index in [4.69, 9.17) is 5.73 Å². The molecule has 2 N–H and O–H groups in total. The Morgan fingerprint density at radius 1 is 1.00 bits per heavy atom. The Kier molecular flexibility index (Phi) is 5.65. The molecule has 1 aliphatic heterocycles. The Bertz CT molecular complexity index is 492. The van der Waals surface area contributed by atoms with Crippen molar-refractivity contribution in [1.29, 1.82) is 0 Å². The molecule has 6 nitrogen and oxygen atoms in total. The first-order valence-electron chi connectivity index (χ1n) is 9.14. The molecular weight excluding hydrogens is 288 g/mol. The lowest BCUT2D eigenvalue weighted by atomic mass is 9.86. The summed E-state index contributed by atoms with van der Waals surface area (Å²) >= 11 is 0. The molecule has 1 aromatic heterocycles. The Hall–Kier alpha value is -1.43. The van der Waals surface area contributed by atoms with Gasteiger partial charge in [-0.25, -0.2) is 0 Å². The number of likely N-dealkylation sites (N-methyl/N-ethyl adjacent to an activating group) is 1. The van der Waals surface area contributed by atoms with Crippen molar-refractivity contribution in [1.82, 2.24) is 19.9 Å². The highest BCUT2D eigenvalue weighted by molar-refractivity contribution is 5.35. The molecule has 0 unspecified atom stereocenters. The van der Waals surface area contributed by atoms with E-state index in [2.05, 4.69) is 31.8 Å². The van der Waals surface area contributed by atoms with Crippen LogP contribution in [0.3, 0.4) is 0 Å². The van der Waals surface area contributed by atoms with E-state index in [0.29, 0.717) is 5.95 Å². The Balaban J connectivity index is 1.54. The highest BCUT2D eigenvalue weighted by Gasteiger charge is 2.18. The standard InChI is InChI=1S/C17H30N6/c1-22-10-12-23(13-11-22)17-20-15(19-16(18)21-17)9-5-8-14-6-3-2-4-7-14/h14H,2-13H2,1H3,(H2,18,19,20,21). The van der Waals surface area contributed by atoms with Crippen LogP contribution in [0.4, 0.5) is 11.9 Å². The fraction of sp³-hybridized carbons (Fsp3) is 0.824. The molecule has 6 heteroatoms. The van der Waals surface area contributed by atoms with Gasteiger partial charge in [0.1, 0.15) is 5.82 Å². The molecule has 2 fully saturated rings. The quantitative estimate of drug-likeness (QED) is 0.896. The van der Waals surface area contributed by atoms with E-state index in [-0.39, 0.29) is 0 Å². The highest BCUT2D eigenvalue weighted by Crippen LogP contribution is 2.27. The third kappa shape index (κ3) is 4.77. The maximum absolute atomic E-state index is 5.91. The van der Waals surface area contributed by atoms with Crippen LogP contribution in [0, 0.1) is 5.92 Å². The second kappa shape index (κ2) is 7.90. The fourth-order valence-electron chi connectivity index (χ4n) is 3.71. The number of hydrogen-bond acceptors (Lipinski definition) is 6. The van der Waals surface area contributed by atoms with E-state index >= 15 is 0 Å². The van der Waals surface area contributed by atoms with Gasteiger partial charge in [-0.1, -0.05) is 38.5 Å². The first-order chi connectivity index (χ1) is 11.2. The molecule has 3 rings (SSSR count). The molecule has 0 aromatic carbocycles. The van der Waals surface area contributed by atoms with Crippen molar-refractivity contribution in [2.24, 2.45) is 5.92 Å². The SMILES string of the molecule is CN1CCN(c2nc(N)nc(CCCC3CCCCC3)n2)CC1. The van der Waals surface area contributed by atoms with Crippen molar-refractivity contribution in [2.45, 2.75) is 51.4 Å².